The molecule has 0 amide bonds. The van der Waals surface area contributed by atoms with Crippen LogP contribution in [0, 0.1) is 10.1 Å². The van der Waals surface area contributed by atoms with E-state index in [0.717, 1.165) is 0 Å². The van der Waals surface area contributed by atoms with Gasteiger partial charge in [-0.15, -0.1) is 0 Å². The summed E-state index contributed by atoms with van der Waals surface area (Å²) in [5.74, 6) is 0.464. The molecule has 0 saturated carbocycles. The Bertz CT molecular complexity index is 658. The standard InChI is InChI=1S/C13H12NO6P/c1-18-21(17,19-12-5-3-2-4-6-12)20-13-9-7-11(8-10-13)14(15)16/h2-10H,1H3/t21-/m0/s1. The highest BCUT2D eigenvalue weighted by Gasteiger charge is 2.29. The minimum absolute atomic E-state index is 0.0985. The molecule has 2 aromatic carbocycles. The fraction of sp³-hybridized carbons (Fsp3) is 0.0769. The first-order valence-corrected chi connectivity index (χ1v) is 7.33. The third-order valence-corrected chi connectivity index (χ3v) is 3.76. The van der Waals surface area contributed by atoms with Crippen LogP contribution >= 0.6 is 7.82 Å². The molecule has 1 atom stereocenters. The van der Waals surface area contributed by atoms with Gasteiger partial charge in [-0.25, -0.2) is 4.57 Å². The summed E-state index contributed by atoms with van der Waals surface area (Å²) in [5, 5.41) is 10.6. The molecular formula is C13H12NO6P. The van der Waals surface area contributed by atoms with E-state index in [1.54, 1.807) is 30.3 Å². The van der Waals surface area contributed by atoms with E-state index in [1.807, 2.05) is 0 Å². The van der Waals surface area contributed by atoms with Gasteiger partial charge in [-0.05, 0) is 24.3 Å². The maximum atomic E-state index is 12.3. The minimum atomic E-state index is -3.85. The molecule has 7 nitrogen and oxygen atoms in total. The largest absolute Gasteiger partial charge is 0.587 e. The third-order valence-electron chi connectivity index (χ3n) is 2.45. The second-order valence-corrected chi connectivity index (χ2v) is 5.50. The van der Waals surface area contributed by atoms with Gasteiger partial charge in [0.05, 0.1) is 4.92 Å². The summed E-state index contributed by atoms with van der Waals surface area (Å²) in [6.07, 6.45) is 0. The molecule has 8 heteroatoms. The Hall–Kier alpha value is -2.37. The Morgan fingerprint density at radius 1 is 0.952 bits per heavy atom. The van der Waals surface area contributed by atoms with E-state index in [-0.39, 0.29) is 11.4 Å². The van der Waals surface area contributed by atoms with E-state index in [9.17, 15) is 14.7 Å². The molecule has 0 bridgehead atoms. The average Bonchev–Trinajstić information content (AvgIpc) is 2.48. The molecule has 0 spiro atoms. The first-order chi connectivity index (χ1) is 10.0. The molecule has 0 saturated heterocycles. The second-order valence-electron chi connectivity index (χ2n) is 3.88. The number of phosphoric ester groups is 1. The number of para-hydroxylation sites is 1. The van der Waals surface area contributed by atoms with Crippen LogP contribution in [0.3, 0.4) is 0 Å². The van der Waals surface area contributed by atoms with Crippen LogP contribution in [0.2, 0.25) is 0 Å². The molecule has 0 aliphatic heterocycles. The Balaban J connectivity index is 2.14. The van der Waals surface area contributed by atoms with Crippen molar-refractivity contribution >= 4 is 13.5 Å². The van der Waals surface area contributed by atoms with Crippen molar-refractivity contribution in [1.82, 2.24) is 0 Å². The normalized spacial score (nSPS) is 13.2. The first-order valence-electron chi connectivity index (χ1n) is 5.87. The molecule has 0 aromatic heterocycles. The van der Waals surface area contributed by atoms with Crippen molar-refractivity contribution in [1.29, 1.82) is 0 Å². The molecule has 0 heterocycles. The van der Waals surface area contributed by atoms with Gasteiger partial charge in [0.1, 0.15) is 11.5 Å². The van der Waals surface area contributed by atoms with Crippen LogP contribution in [0.25, 0.3) is 0 Å². The molecule has 0 unspecified atom stereocenters. The number of nitro benzene ring substituents is 1. The monoisotopic (exact) mass is 309 g/mol. The zero-order valence-corrected chi connectivity index (χ0v) is 11.9. The lowest BCUT2D eigenvalue weighted by Crippen LogP contribution is -2.02. The predicted molar refractivity (Wildman–Crippen MR) is 75.4 cm³/mol. The highest BCUT2D eigenvalue weighted by Crippen LogP contribution is 2.48. The lowest BCUT2D eigenvalue weighted by atomic mass is 10.3. The minimum Gasteiger partial charge on any atom is -0.395 e. The van der Waals surface area contributed by atoms with E-state index in [4.69, 9.17) is 13.6 Å². The molecule has 0 fully saturated rings. The van der Waals surface area contributed by atoms with Crippen LogP contribution < -0.4 is 9.05 Å². The zero-order chi connectivity index (χ0) is 15.3. The van der Waals surface area contributed by atoms with Gasteiger partial charge in [-0.3, -0.25) is 14.6 Å². The SMILES string of the molecule is CO[P@@](=O)(Oc1ccccc1)Oc1ccc([N+](=O)[O-])cc1. The smallest absolute Gasteiger partial charge is 0.395 e. The Morgan fingerprint density at radius 3 is 1.95 bits per heavy atom. The van der Waals surface area contributed by atoms with Gasteiger partial charge in [-0.1, -0.05) is 18.2 Å². The fourth-order valence-electron chi connectivity index (χ4n) is 1.46. The van der Waals surface area contributed by atoms with Gasteiger partial charge in [-0.2, -0.15) is 0 Å². The fourth-order valence-corrected chi connectivity index (χ4v) is 2.41. The number of benzene rings is 2. The quantitative estimate of drug-likeness (QED) is 0.458. The van der Waals surface area contributed by atoms with E-state index in [1.165, 1.54) is 31.4 Å². The van der Waals surface area contributed by atoms with E-state index < -0.39 is 12.7 Å². The highest BCUT2D eigenvalue weighted by molar-refractivity contribution is 7.49. The lowest BCUT2D eigenvalue weighted by molar-refractivity contribution is -0.384. The topological polar surface area (TPSA) is 87.9 Å². The number of rotatable bonds is 6. The molecule has 0 aliphatic carbocycles. The molecule has 2 rings (SSSR count). The van der Waals surface area contributed by atoms with E-state index >= 15 is 0 Å². The van der Waals surface area contributed by atoms with Gasteiger partial charge in [0.2, 0.25) is 0 Å². The predicted octanol–water partition coefficient (Wildman–Crippen LogP) is 3.81. The summed E-state index contributed by atoms with van der Waals surface area (Å²) in [6.45, 7) is 0. The number of nitrogens with zero attached hydrogens (tertiary/aromatic N) is 1. The van der Waals surface area contributed by atoms with Crippen molar-refractivity contribution in [3.63, 3.8) is 0 Å². The summed E-state index contributed by atoms with van der Waals surface area (Å²) in [4.78, 5) is 10.0. The van der Waals surface area contributed by atoms with Crippen molar-refractivity contribution in [2.24, 2.45) is 0 Å². The van der Waals surface area contributed by atoms with Crippen molar-refractivity contribution < 1.29 is 23.1 Å². The molecule has 0 N–H and O–H groups in total. The van der Waals surface area contributed by atoms with Gasteiger partial charge in [0.25, 0.3) is 5.69 Å². The van der Waals surface area contributed by atoms with Crippen LogP contribution in [0.15, 0.2) is 54.6 Å². The van der Waals surface area contributed by atoms with Gasteiger partial charge in [0, 0.05) is 19.2 Å². The summed E-state index contributed by atoms with van der Waals surface area (Å²) >= 11 is 0. The van der Waals surface area contributed by atoms with Crippen LogP contribution in [-0.4, -0.2) is 12.0 Å². The third kappa shape index (κ3) is 4.05. The molecule has 0 aliphatic rings. The number of hydrogen-bond acceptors (Lipinski definition) is 6. The summed E-state index contributed by atoms with van der Waals surface area (Å²) < 4.78 is 27.5. The maximum Gasteiger partial charge on any atom is 0.587 e. The Morgan fingerprint density at radius 2 is 1.48 bits per heavy atom. The van der Waals surface area contributed by atoms with Gasteiger partial charge >= 0.3 is 7.82 Å². The lowest BCUT2D eigenvalue weighted by Gasteiger charge is -2.16. The van der Waals surface area contributed by atoms with Crippen molar-refractivity contribution in [3.05, 3.63) is 64.7 Å². The van der Waals surface area contributed by atoms with Gasteiger partial charge < -0.3 is 9.05 Å². The second kappa shape index (κ2) is 6.39. The van der Waals surface area contributed by atoms with Gasteiger partial charge in [0.15, 0.2) is 0 Å². The number of nitro groups is 1. The molecule has 21 heavy (non-hydrogen) atoms. The average molecular weight is 309 g/mol. The number of hydrogen-bond donors (Lipinski definition) is 0. The summed E-state index contributed by atoms with van der Waals surface area (Å²) in [5.41, 5.74) is -0.0985. The van der Waals surface area contributed by atoms with Crippen LogP contribution in [0.4, 0.5) is 5.69 Å². The number of phosphoric acid groups is 1. The summed E-state index contributed by atoms with van der Waals surface area (Å²) in [7, 11) is -2.66. The Kier molecular flexibility index (Phi) is 4.57. The molecular weight excluding hydrogens is 297 g/mol. The molecule has 2 aromatic rings. The maximum absolute atomic E-state index is 12.3. The highest BCUT2D eigenvalue weighted by atomic mass is 31.2. The van der Waals surface area contributed by atoms with E-state index in [2.05, 4.69) is 0 Å². The van der Waals surface area contributed by atoms with Crippen molar-refractivity contribution in [2.75, 3.05) is 7.11 Å². The molecule has 0 radical (unpaired) electrons. The number of non-ortho nitro benzene ring substituents is 1. The first kappa shape index (κ1) is 15.0. The van der Waals surface area contributed by atoms with Crippen LogP contribution in [-0.2, 0) is 9.09 Å². The van der Waals surface area contributed by atoms with E-state index in [0.29, 0.717) is 5.75 Å². The molecule has 110 valence electrons. The van der Waals surface area contributed by atoms with Crippen LogP contribution in [0.1, 0.15) is 0 Å². The van der Waals surface area contributed by atoms with Crippen molar-refractivity contribution in [3.8, 4) is 11.5 Å². The zero-order valence-electron chi connectivity index (χ0n) is 11.0. The Labute approximate surface area is 120 Å². The summed E-state index contributed by atoms with van der Waals surface area (Å²) in [6, 6.07) is 13.5. The van der Waals surface area contributed by atoms with Crippen LogP contribution in [0.5, 0.6) is 11.5 Å². The van der Waals surface area contributed by atoms with Crippen molar-refractivity contribution in [2.45, 2.75) is 0 Å².